The summed E-state index contributed by atoms with van der Waals surface area (Å²) in [5, 5.41) is 1.03. The summed E-state index contributed by atoms with van der Waals surface area (Å²) in [5.41, 5.74) is 0.747. The van der Waals surface area contributed by atoms with Crippen LogP contribution in [-0.2, 0) is 25.5 Å². The minimum Gasteiger partial charge on any atom is -0.453 e. The quantitative estimate of drug-likeness (QED) is 0.552. The van der Waals surface area contributed by atoms with Crippen LogP contribution in [0.3, 0.4) is 0 Å². The molecule has 3 rings (SSSR count). The lowest BCUT2D eigenvalue weighted by molar-refractivity contribution is -0.153. The molecule has 1 heterocycles. The number of imide groups is 1. The molecule has 3 aromatic rings. The summed E-state index contributed by atoms with van der Waals surface area (Å²) in [4.78, 5) is 55.9. The minimum atomic E-state index is -1.27. The number of aromatic nitrogens is 2. The lowest BCUT2D eigenvalue weighted by atomic mass is 10.1. The first-order chi connectivity index (χ1) is 15.2. The smallest absolute Gasteiger partial charge is 0.303 e. The fourth-order valence-corrected chi connectivity index (χ4v) is 3.29. The molecule has 0 unspecified atom stereocenters. The maximum atomic E-state index is 13.5. The molecular formula is C24H25N3O5. The molecule has 8 heteroatoms. The number of hydrogen-bond donors (Lipinski definition) is 0. The van der Waals surface area contributed by atoms with Gasteiger partial charge in [-0.05, 0) is 24.6 Å². The predicted octanol–water partition coefficient (Wildman–Crippen LogP) is 2.59. The molecule has 0 saturated carbocycles. The molecule has 32 heavy (non-hydrogen) atoms. The van der Waals surface area contributed by atoms with Crippen LogP contribution in [0.4, 0.5) is 0 Å². The van der Waals surface area contributed by atoms with Gasteiger partial charge in [0.05, 0.1) is 10.9 Å². The van der Waals surface area contributed by atoms with Crippen molar-refractivity contribution in [3.8, 4) is 0 Å². The van der Waals surface area contributed by atoms with E-state index >= 15 is 0 Å². The van der Waals surface area contributed by atoms with Crippen LogP contribution in [0.2, 0.25) is 0 Å². The largest absolute Gasteiger partial charge is 0.453 e. The van der Waals surface area contributed by atoms with Crippen molar-refractivity contribution in [2.75, 3.05) is 5.01 Å². The first-order valence-corrected chi connectivity index (χ1v) is 10.3. The zero-order chi connectivity index (χ0) is 23.4. The van der Waals surface area contributed by atoms with E-state index in [1.54, 1.807) is 38.1 Å². The van der Waals surface area contributed by atoms with E-state index in [0.29, 0.717) is 5.52 Å². The van der Waals surface area contributed by atoms with Gasteiger partial charge in [0, 0.05) is 19.3 Å². The van der Waals surface area contributed by atoms with Crippen molar-refractivity contribution in [1.82, 2.24) is 9.66 Å². The van der Waals surface area contributed by atoms with Gasteiger partial charge in [0.1, 0.15) is 5.82 Å². The Labute approximate surface area is 185 Å². The Morgan fingerprint density at radius 2 is 1.59 bits per heavy atom. The van der Waals surface area contributed by atoms with E-state index in [9.17, 15) is 19.2 Å². The average Bonchev–Trinajstić information content (AvgIpc) is 2.75. The Kier molecular flexibility index (Phi) is 6.82. The van der Waals surface area contributed by atoms with Crippen molar-refractivity contribution < 1.29 is 19.1 Å². The number of carbonyl (C=O) groups excluding carboxylic acids is 3. The Bertz CT molecular complexity index is 1220. The summed E-state index contributed by atoms with van der Waals surface area (Å²) >= 11 is 0. The molecule has 0 N–H and O–H groups in total. The van der Waals surface area contributed by atoms with Crippen molar-refractivity contribution in [3.05, 3.63) is 76.3 Å². The summed E-state index contributed by atoms with van der Waals surface area (Å²) in [6, 6.07) is 16.0. The first-order valence-electron chi connectivity index (χ1n) is 10.3. The van der Waals surface area contributed by atoms with E-state index < -0.39 is 35.4 Å². The van der Waals surface area contributed by atoms with Crippen LogP contribution in [-0.4, -0.2) is 33.5 Å². The van der Waals surface area contributed by atoms with Crippen molar-refractivity contribution in [2.45, 2.75) is 40.2 Å². The second-order valence-corrected chi connectivity index (χ2v) is 7.72. The number of benzene rings is 2. The summed E-state index contributed by atoms with van der Waals surface area (Å²) in [5.74, 6) is -2.49. The van der Waals surface area contributed by atoms with Crippen LogP contribution in [0.25, 0.3) is 10.9 Å². The lowest BCUT2D eigenvalue weighted by Gasteiger charge is -2.28. The molecule has 0 saturated heterocycles. The van der Waals surface area contributed by atoms with Gasteiger partial charge in [-0.2, -0.15) is 9.69 Å². The zero-order valence-electron chi connectivity index (χ0n) is 18.4. The Balaban J connectivity index is 2.27. The third-order valence-electron chi connectivity index (χ3n) is 4.83. The van der Waals surface area contributed by atoms with Crippen LogP contribution in [0, 0.1) is 5.92 Å². The average molecular weight is 435 g/mol. The van der Waals surface area contributed by atoms with Gasteiger partial charge in [0.2, 0.25) is 0 Å². The fourth-order valence-electron chi connectivity index (χ4n) is 3.29. The predicted molar refractivity (Wildman–Crippen MR) is 120 cm³/mol. The molecule has 1 atom stereocenters. The van der Waals surface area contributed by atoms with Crippen molar-refractivity contribution in [3.63, 3.8) is 0 Å². The maximum absolute atomic E-state index is 13.5. The lowest BCUT2D eigenvalue weighted by Crippen LogP contribution is -2.56. The van der Waals surface area contributed by atoms with Gasteiger partial charge < -0.3 is 4.74 Å². The second-order valence-electron chi connectivity index (χ2n) is 7.72. The number of fused-ring (bicyclic) bond motifs is 1. The summed E-state index contributed by atoms with van der Waals surface area (Å²) in [6.45, 7) is 5.77. The maximum Gasteiger partial charge on any atom is 0.303 e. The SMILES string of the molecule is CC(=O)O[C@@H](C)C(=O)N(C(=O)C(C)C)n1c(Cc2ccccc2)nc2ccccc2c1=O. The Morgan fingerprint density at radius 1 is 0.969 bits per heavy atom. The van der Waals surface area contributed by atoms with Gasteiger partial charge in [-0.25, -0.2) is 4.98 Å². The topological polar surface area (TPSA) is 98.6 Å². The van der Waals surface area contributed by atoms with E-state index in [4.69, 9.17) is 4.74 Å². The molecule has 0 aliphatic rings. The third kappa shape index (κ3) is 4.74. The first kappa shape index (κ1) is 22.9. The molecule has 8 nitrogen and oxygen atoms in total. The highest BCUT2D eigenvalue weighted by atomic mass is 16.5. The van der Waals surface area contributed by atoms with Gasteiger partial charge in [-0.3, -0.25) is 19.2 Å². The molecular weight excluding hydrogens is 410 g/mol. The Morgan fingerprint density at radius 3 is 2.22 bits per heavy atom. The standard InChI is InChI=1S/C24H25N3O5/c1-15(2)22(29)27(23(30)16(3)32-17(4)28)26-21(14-18-10-6-5-7-11-18)25-20-13-9-8-12-19(20)24(26)31/h5-13,15-16H,14H2,1-4H3/t16-/m0/s1. The Hall–Kier alpha value is -3.81. The number of para-hydroxylation sites is 1. The highest BCUT2D eigenvalue weighted by Gasteiger charge is 2.34. The zero-order valence-corrected chi connectivity index (χ0v) is 18.4. The number of esters is 1. The molecule has 0 fully saturated rings. The van der Waals surface area contributed by atoms with Gasteiger partial charge >= 0.3 is 5.97 Å². The van der Waals surface area contributed by atoms with Crippen LogP contribution in [0.15, 0.2) is 59.4 Å². The van der Waals surface area contributed by atoms with E-state index in [2.05, 4.69) is 4.98 Å². The molecule has 2 aromatic carbocycles. The number of carbonyl (C=O) groups is 3. The molecule has 0 bridgehead atoms. The molecule has 0 radical (unpaired) electrons. The molecule has 2 amide bonds. The molecule has 166 valence electrons. The van der Waals surface area contributed by atoms with Gasteiger partial charge in [0.15, 0.2) is 6.10 Å². The number of hydrogen-bond acceptors (Lipinski definition) is 6. The van der Waals surface area contributed by atoms with E-state index in [0.717, 1.165) is 15.2 Å². The van der Waals surface area contributed by atoms with Gasteiger partial charge in [0.25, 0.3) is 17.4 Å². The fraction of sp³-hybridized carbons (Fsp3) is 0.292. The number of ether oxygens (including phenoxy) is 1. The highest BCUT2D eigenvalue weighted by Crippen LogP contribution is 2.15. The van der Waals surface area contributed by atoms with Crippen molar-refractivity contribution in [1.29, 1.82) is 0 Å². The molecule has 0 spiro atoms. The van der Waals surface area contributed by atoms with Crippen LogP contribution < -0.4 is 10.6 Å². The second kappa shape index (κ2) is 9.55. The van der Waals surface area contributed by atoms with Crippen molar-refractivity contribution >= 4 is 28.7 Å². The third-order valence-corrected chi connectivity index (χ3v) is 4.83. The summed E-state index contributed by atoms with van der Waals surface area (Å²) < 4.78 is 6.03. The highest BCUT2D eigenvalue weighted by molar-refractivity contribution is 6.11. The van der Waals surface area contributed by atoms with Crippen molar-refractivity contribution in [2.24, 2.45) is 5.92 Å². The number of nitrogens with zero attached hydrogens (tertiary/aromatic N) is 3. The molecule has 0 aliphatic heterocycles. The summed E-state index contributed by atoms with van der Waals surface area (Å²) in [6.07, 6.45) is -1.06. The molecule has 0 aliphatic carbocycles. The van der Waals surface area contributed by atoms with Crippen LogP contribution in [0.5, 0.6) is 0 Å². The monoisotopic (exact) mass is 435 g/mol. The minimum absolute atomic E-state index is 0.206. The van der Waals surface area contributed by atoms with Crippen LogP contribution in [0.1, 0.15) is 39.1 Å². The van der Waals surface area contributed by atoms with E-state index in [1.807, 2.05) is 30.3 Å². The number of rotatable bonds is 6. The van der Waals surface area contributed by atoms with Gasteiger partial charge in [-0.15, -0.1) is 0 Å². The van der Waals surface area contributed by atoms with Gasteiger partial charge in [-0.1, -0.05) is 56.3 Å². The molecule has 1 aromatic heterocycles. The normalized spacial score (nSPS) is 11.9. The summed E-state index contributed by atoms with van der Waals surface area (Å²) in [7, 11) is 0. The van der Waals surface area contributed by atoms with Crippen LogP contribution >= 0.6 is 0 Å². The van der Waals surface area contributed by atoms with E-state index in [-0.39, 0.29) is 17.6 Å². The number of amides is 2. The van der Waals surface area contributed by atoms with E-state index in [1.165, 1.54) is 13.8 Å².